The zero-order chi connectivity index (χ0) is 15.3. The maximum Gasteiger partial charge on any atom is 0.326 e. The maximum absolute atomic E-state index is 13.3. The number of carbonyl (C=O) groups excluding carboxylic acids is 1. The molecule has 0 heterocycles. The van der Waals surface area contributed by atoms with Crippen LogP contribution in [0.5, 0.6) is 0 Å². The van der Waals surface area contributed by atoms with Crippen LogP contribution in [0.25, 0.3) is 0 Å². The van der Waals surface area contributed by atoms with Crippen LogP contribution in [0.3, 0.4) is 0 Å². The molecule has 0 unspecified atom stereocenters. The van der Waals surface area contributed by atoms with Crippen molar-refractivity contribution in [1.82, 2.24) is 5.32 Å². The monoisotopic (exact) mass is 287 g/mol. The summed E-state index contributed by atoms with van der Waals surface area (Å²) in [4.78, 5) is 32.9. The molecule has 0 aliphatic rings. The molecule has 6 nitrogen and oxygen atoms in total. The zero-order valence-corrected chi connectivity index (χ0v) is 10.1. The van der Waals surface area contributed by atoms with Crippen molar-refractivity contribution in [3.8, 4) is 0 Å². The van der Waals surface area contributed by atoms with E-state index in [0.29, 0.717) is 6.07 Å². The second kappa shape index (κ2) is 6.60. The molecular weight excluding hydrogens is 276 g/mol. The Labute approximate surface area is 112 Å². The summed E-state index contributed by atoms with van der Waals surface area (Å²) >= 11 is 0. The first-order valence-corrected chi connectivity index (χ1v) is 5.51. The first-order chi connectivity index (χ1) is 9.31. The molecule has 0 fully saturated rings. The van der Waals surface area contributed by atoms with E-state index in [2.05, 4.69) is 0 Å². The van der Waals surface area contributed by atoms with Gasteiger partial charge in [-0.25, -0.2) is 13.6 Å². The molecule has 0 aromatic heterocycles. The molecule has 1 amide bonds. The molecule has 20 heavy (non-hydrogen) atoms. The average Bonchev–Trinajstić information content (AvgIpc) is 2.33. The number of aliphatic carboxylic acids is 2. The molecule has 0 saturated heterocycles. The van der Waals surface area contributed by atoms with Crippen molar-refractivity contribution in [3.05, 3.63) is 35.4 Å². The van der Waals surface area contributed by atoms with Gasteiger partial charge in [-0.05, 0) is 18.6 Å². The van der Waals surface area contributed by atoms with E-state index in [1.54, 1.807) is 0 Å². The van der Waals surface area contributed by atoms with Crippen LogP contribution in [0, 0.1) is 11.6 Å². The molecule has 0 saturated carbocycles. The number of hydrogen-bond donors (Lipinski definition) is 3. The molecule has 1 atom stereocenters. The van der Waals surface area contributed by atoms with Crippen molar-refractivity contribution in [2.24, 2.45) is 0 Å². The molecule has 0 radical (unpaired) electrons. The van der Waals surface area contributed by atoms with Crippen molar-refractivity contribution in [2.45, 2.75) is 18.9 Å². The van der Waals surface area contributed by atoms with Crippen molar-refractivity contribution < 1.29 is 33.4 Å². The highest BCUT2D eigenvalue weighted by Crippen LogP contribution is 2.10. The number of benzene rings is 1. The number of rotatable bonds is 6. The van der Waals surface area contributed by atoms with E-state index >= 15 is 0 Å². The Morgan fingerprint density at radius 2 is 1.85 bits per heavy atom. The SMILES string of the molecule is O=C(O)CC[C@@H](NC(=O)c1ccc(F)cc1F)C(=O)O. The number of carboxylic acid groups (broad SMARTS) is 2. The fraction of sp³-hybridized carbons (Fsp3) is 0.250. The fourth-order valence-electron chi connectivity index (χ4n) is 1.43. The molecule has 1 aromatic rings. The third-order valence-corrected chi connectivity index (χ3v) is 2.43. The van der Waals surface area contributed by atoms with Crippen LogP contribution in [-0.2, 0) is 9.59 Å². The molecule has 108 valence electrons. The molecule has 1 aromatic carbocycles. The van der Waals surface area contributed by atoms with Crippen LogP contribution in [0.2, 0.25) is 0 Å². The lowest BCUT2D eigenvalue weighted by atomic mass is 10.1. The first-order valence-electron chi connectivity index (χ1n) is 5.51. The lowest BCUT2D eigenvalue weighted by molar-refractivity contribution is -0.140. The summed E-state index contributed by atoms with van der Waals surface area (Å²) in [5.41, 5.74) is -0.520. The van der Waals surface area contributed by atoms with Gasteiger partial charge in [-0.3, -0.25) is 9.59 Å². The van der Waals surface area contributed by atoms with Crippen LogP contribution in [0.1, 0.15) is 23.2 Å². The van der Waals surface area contributed by atoms with Gasteiger partial charge in [0.15, 0.2) is 0 Å². The summed E-state index contributed by atoms with van der Waals surface area (Å²) < 4.78 is 26.0. The Kier molecular flexibility index (Phi) is 5.13. The average molecular weight is 287 g/mol. The summed E-state index contributed by atoms with van der Waals surface area (Å²) in [7, 11) is 0. The van der Waals surface area contributed by atoms with Gasteiger partial charge in [0, 0.05) is 12.5 Å². The minimum atomic E-state index is -1.47. The van der Waals surface area contributed by atoms with E-state index in [0.717, 1.165) is 12.1 Å². The first kappa shape index (κ1) is 15.5. The second-order valence-corrected chi connectivity index (χ2v) is 3.92. The van der Waals surface area contributed by atoms with Gasteiger partial charge in [0.1, 0.15) is 17.7 Å². The summed E-state index contributed by atoms with van der Waals surface area (Å²) in [6.45, 7) is 0. The predicted molar refractivity (Wildman–Crippen MR) is 62.1 cm³/mol. The van der Waals surface area contributed by atoms with Gasteiger partial charge in [0.25, 0.3) is 5.91 Å². The van der Waals surface area contributed by atoms with Crippen molar-refractivity contribution in [2.75, 3.05) is 0 Å². The number of carbonyl (C=O) groups is 3. The van der Waals surface area contributed by atoms with Gasteiger partial charge >= 0.3 is 11.9 Å². The standard InChI is InChI=1S/C12H11F2NO5/c13-6-1-2-7(8(14)5-6)11(18)15-9(12(19)20)3-4-10(16)17/h1-2,5,9H,3-4H2,(H,15,18)(H,16,17)(H,19,20)/t9-/m1/s1. The Morgan fingerprint density at radius 3 is 2.35 bits per heavy atom. The Balaban J connectivity index is 2.80. The van der Waals surface area contributed by atoms with Crippen LogP contribution in [0.15, 0.2) is 18.2 Å². The maximum atomic E-state index is 13.3. The van der Waals surface area contributed by atoms with Gasteiger partial charge in [0.2, 0.25) is 0 Å². The van der Waals surface area contributed by atoms with Gasteiger partial charge in [-0.2, -0.15) is 0 Å². The van der Waals surface area contributed by atoms with Crippen molar-refractivity contribution in [1.29, 1.82) is 0 Å². The minimum absolute atomic E-state index is 0.348. The molecule has 1 rings (SSSR count). The van der Waals surface area contributed by atoms with E-state index in [1.165, 1.54) is 0 Å². The highest BCUT2D eigenvalue weighted by molar-refractivity contribution is 5.96. The number of hydrogen-bond acceptors (Lipinski definition) is 3. The van der Waals surface area contributed by atoms with Gasteiger partial charge < -0.3 is 15.5 Å². The van der Waals surface area contributed by atoms with Crippen molar-refractivity contribution in [3.63, 3.8) is 0 Å². The summed E-state index contributed by atoms with van der Waals surface area (Å²) in [5, 5.41) is 19.3. The third-order valence-electron chi connectivity index (χ3n) is 2.43. The highest BCUT2D eigenvalue weighted by Gasteiger charge is 2.23. The second-order valence-electron chi connectivity index (χ2n) is 3.92. The molecular formula is C12H11F2NO5. The summed E-state index contributed by atoms with van der Waals surface area (Å²) in [6.07, 6.45) is -0.817. The molecule has 0 bridgehead atoms. The Bertz CT molecular complexity index is 547. The summed E-state index contributed by atoms with van der Waals surface area (Å²) in [6, 6.07) is 0.742. The van der Waals surface area contributed by atoms with Gasteiger partial charge in [-0.15, -0.1) is 0 Å². The van der Waals surface area contributed by atoms with Crippen LogP contribution < -0.4 is 5.32 Å². The van der Waals surface area contributed by atoms with E-state index < -0.39 is 47.5 Å². The lowest BCUT2D eigenvalue weighted by Crippen LogP contribution is -2.41. The Hall–Kier alpha value is -2.51. The molecule has 0 spiro atoms. The molecule has 8 heteroatoms. The number of carboxylic acids is 2. The topological polar surface area (TPSA) is 104 Å². The van der Waals surface area contributed by atoms with Crippen LogP contribution >= 0.6 is 0 Å². The number of nitrogens with one attached hydrogen (secondary N) is 1. The van der Waals surface area contributed by atoms with Gasteiger partial charge in [-0.1, -0.05) is 0 Å². The lowest BCUT2D eigenvalue weighted by Gasteiger charge is -2.13. The van der Waals surface area contributed by atoms with Crippen molar-refractivity contribution >= 4 is 17.8 Å². The quantitative estimate of drug-likeness (QED) is 0.724. The highest BCUT2D eigenvalue weighted by atomic mass is 19.1. The third kappa shape index (κ3) is 4.30. The molecule has 3 N–H and O–H groups in total. The minimum Gasteiger partial charge on any atom is -0.481 e. The van der Waals surface area contributed by atoms with E-state index in [9.17, 15) is 23.2 Å². The van der Waals surface area contributed by atoms with E-state index in [-0.39, 0.29) is 6.42 Å². The largest absolute Gasteiger partial charge is 0.481 e. The molecule has 0 aliphatic carbocycles. The number of amides is 1. The predicted octanol–water partition coefficient (Wildman–Crippen LogP) is 1.01. The molecule has 0 aliphatic heterocycles. The van der Waals surface area contributed by atoms with Gasteiger partial charge in [0.05, 0.1) is 5.56 Å². The summed E-state index contributed by atoms with van der Waals surface area (Å²) in [5.74, 6) is -5.73. The zero-order valence-electron chi connectivity index (χ0n) is 10.1. The fourth-order valence-corrected chi connectivity index (χ4v) is 1.43. The van der Waals surface area contributed by atoms with Crippen LogP contribution in [0.4, 0.5) is 8.78 Å². The van der Waals surface area contributed by atoms with E-state index in [1.807, 2.05) is 5.32 Å². The number of halogens is 2. The van der Waals surface area contributed by atoms with E-state index in [4.69, 9.17) is 10.2 Å². The Morgan fingerprint density at radius 1 is 1.20 bits per heavy atom. The normalized spacial score (nSPS) is 11.7. The smallest absolute Gasteiger partial charge is 0.326 e. The van der Waals surface area contributed by atoms with Crippen LogP contribution in [-0.4, -0.2) is 34.1 Å².